The van der Waals surface area contributed by atoms with E-state index in [4.69, 9.17) is 16.1 Å². The zero-order valence-corrected chi connectivity index (χ0v) is 15.7. The summed E-state index contributed by atoms with van der Waals surface area (Å²) in [6.07, 6.45) is 0. The lowest BCUT2D eigenvalue weighted by molar-refractivity contribution is -0.384. The lowest BCUT2D eigenvalue weighted by Gasteiger charge is -2.03. The monoisotopic (exact) mass is 407 g/mol. The van der Waals surface area contributed by atoms with Gasteiger partial charge in [-0.3, -0.25) is 14.9 Å². The fourth-order valence-corrected chi connectivity index (χ4v) is 3.13. The van der Waals surface area contributed by atoms with Crippen molar-refractivity contribution >= 4 is 34.0 Å². The fraction of sp³-hybridized carbons (Fsp3) is 0.0476. The highest BCUT2D eigenvalue weighted by Crippen LogP contribution is 2.26. The van der Waals surface area contributed by atoms with E-state index in [0.717, 1.165) is 22.4 Å². The smallest absolute Gasteiger partial charge is 0.288 e. The Balaban J connectivity index is 1.47. The molecule has 3 aromatic carbocycles. The second-order valence-electron chi connectivity index (χ2n) is 6.35. The molecule has 0 atom stereocenters. The van der Waals surface area contributed by atoms with Gasteiger partial charge in [0.15, 0.2) is 5.76 Å². The summed E-state index contributed by atoms with van der Waals surface area (Å²) in [7, 11) is 0. The Morgan fingerprint density at radius 3 is 2.66 bits per heavy atom. The Labute approximate surface area is 170 Å². The van der Waals surface area contributed by atoms with E-state index in [0.29, 0.717) is 11.5 Å². The molecule has 0 aliphatic carbocycles. The van der Waals surface area contributed by atoms with Crippen LogP contribution >= 0.6 is 11.6 Å². The maximum Gasteiger partial charge on any atom is 0.288 e. The van der Waals surface area contributed by atoms with Gasteiger partial charge in [-0.15, -0.1) is 0 Å². The van der Waals surface area contributed by atoms with Crippen molar-refractivity contribution in [3.63, 3.8) is 0 Å². The van der Waals surface area contributed by atoms with Gasteiger partial charge in [0.1, 0.15) is 10.7 Å². The summed E-state index contributed by atoms with van der Waals surface area (Å²) >= 11 is 5.77. The summed E-state index contributed by atoms with van der Waals surface area (Å²) < 4.78 is 5.40. The number of amides is 1. The molecule has 144 valence electrons. The van der Waals surface area contributed by atoms with Gasteiger partial charge in [0, 0.05) is 23.3 Å². The molecular weight excluding hydrogens is 394 g/mol. The molecule has 29 heavy (non-hydrogen) atoms. The first-order chi connectivity index (χ1) is 14.0. The van der Waals surface area contributed by atoms with E-state index in [1.807, 2.05) is 42.5 Å². The van der Waals surface area contributed by atoms with Gasteiger partial charge >= 0.3 is 0 Å². The number of nitro groups is 1. The van der Waals surface area contributed by atoms with Gasteiger partial charge in [-0.25, -0.2) is 0 Å². The molecule has 0 unspecified atom stereocenters. The quantitative estimate of drug-likeness (QED) is 0.371. The van der Waals surface area contributed by atoms with Crippen molar-refractivity contribution in [2.75, 3.05) is 0 Å². The average Bonchev–Trinajstić information content (AvgIpc) is 3.21. The predicted molar refractivity (Wildman–Crippen MR) is 109 cm³/mol. The normalized spacial score (nSPS) is 10.8. The second kappa shape index (κ2) is 7.73. The molecule has 4 rings (SSSR count). The van der Waals surface area contributed by atoms with E-state index in [2.05, 4.69) is 10.5 Å². The Morgan fingerprint density at radius 1 is 1.07 bits per heavy atom. The summed E-state index contributed by atoms with van der Waals surface area (Å²) in [5, 5.41) is 19.8. The van der Waals surface area contributed by atoms with Gasteiger partial charge in [0.2, 0.25) is 0 Å². The van der Waals surface area contributed by atoms with Crippen molar-refractivity contribution in [1.29, 1.82) is 0 Å². The Bertz CT molecular complexity index is 1240. The third kappa shape index (κ3) is 3.95. The maximum absolute atomic E-state index is 12.3. The van der Waals surface area contributed by atoms with Crippen LogP contribution in [0.25, 0.3) is 22.1 Å². The number of aromatic nitrogens is 1. The minimum Gasteiger partial charge on any atom is -0.356 e. The molecule has 1 aromatic heterocycles. The number of fused-ring (bicyclic) bond motifs is 1. The molecule has 1 N–H and O–H groups in total. The van der Waals surface area contributed by atoms with Crippen molar-refractivity contribution in [1.82, 2.24) is 10.5 Å². The number of benzene rings is 3. The van der Waals surface area contributed by atoms with Crippen LogP contribution in [0.1, 0.15) is 16.1 Å². The molecule has 0 bridgehead atoms. The summed E-state index contributed by atoms with van der Waals surface area (Å²) in [4.78, 5) is 22.6. The van der Waals surface area contributed by atoms with Gasteiger partial charge in [-0.05, 0) is 29.0 Å². The van der Waals surface area contributed by atoms with Crippen molar-refractivity contribution in [3.8, 4) is 11.3 Å². The molecule has 8 heteroatoms. The summed E-state index contributed by atoms with van der Waals surface area (Å²) in [6.45, 7) is 0.117. The number of nitro benzene ring substituents is 1. The Morgan fingerprint density at radius 2 is 1.86 bits per heavy atom. The molecule has 0 aliphatic heterocycles. The van der Waals surface area contributed by atoms with Crippen LogP contribution in [0.2, 0.25) is 5.02 Å². The predicted octanol–water partition coefficient (Wildman–Crippen LogP) is 4.99. The highest BCUT2D eigenvalue weighted by Gasteiger charge is 2.16. The molecule has 1 amide bonds. The SMILES string of the molecule is O=C(NCc1cc(-c2ccc3ccccc3c2)on1)c1ccc(Cl)c([N+](=O)[O-])c1. The van der Waals surface area contributed by atoms with Crippen LogP contribution in [0.4, 0.5) is 5.69 Å². The van der Waals surface area contributed by atoms with E-state index < -0.39 is 10.8 Å². The Kier molecular flexibility index (Phi) is 4.97. The Hall–Kier alpha value is -3.71. The molecule has 4 aromatic rings. The average molecular weight is 408 g/mol. The van der Waals surface area contributed by atoms with Crippen molar-refractivity contribution < 1.29 is 14.2 Å². The standard InChI is InChI=1S/C21H14ClN3O4/c22-18-8-7-16(10-19(18)25(27)28)21(26)23-12-17-11-20(29-24-17)15-6-5-13-3-1-2-4-14(13)9-15/h1-11H,12H2,(H,23,26). The maximum atomic E-state index is 12.3. The highest BCUT2D eigenvalue weighted by atomic mass is 35.5. The van der Waals surface area contributed by atoms with Crippen LogP contribution in [-0.4, -0.2) is 16.0 Å². The molecule has 0 saturated heterocycles. The van der Waals surface area contributed by atoms with E-state index in [1.165, 1.54) is 12.1 Å². The third-order valence-electron chi connectivity index (χ3n) is 4.43. The van der Waals surface area contributed by atoms with Crippen LogP contribution < -0.4 is 5.32 Å². The number of nitrogens with one attached hydrogen (secondary N) is 1. The molecule has 0 saturated carbocycles. The van der Waals surface area contributed by atoms with Crippen LogP contribution in [0, 0.1) is 10.1 Å². The first-order valence-corrected chi connectivity index (χ1v) is 9.06. The van der Waals surface area contributed by atoms with Crippen LogP contribution in [0.5, 0.6) is 0 Å². The highest BCUT2D eigenvalue weighted by molar-refractivity contribution is 6.32. The number of carbonyl (C=O) groups excluding carboxylic acids is 1. The molecule has 0 fully saturated rings. The van der Waals surface area contributed by atoms with Gasteiger partial charge < -0.3 is 9.84 Å². The minimum absolute atomic E-state index is 0.0249. The van der Waals surface area contributed by atoms with Crippen LogP contribution in [0.3, 0.4) is 0 Å². The van der Waals surface area contributed by atoms with E-state index >= 15 is 0 Å². The molecule has 0 radical (unpaired) electrons. The van der Waals surface area contributed by atoms with E-state index in [9.17, 15) is 14.9 Å². The number of rotatable bonds is 5. The van der Waals surface area contributed by atoms with Crippen LogP contribution in [-0.2, 0) is 6.54 Å². The number of carbonyl (C=O) groups is 1. The number of nitrogens with zero attached hydrogens (tertiary/aromatic N) is 2. The molecule has 0 aliphatic rings. The van der Waals surface area contributed by atoms with Crippen molar-refractivity contribution in [2.45, 2.75) is 6.54 Å². The van der Waals surface area contributed by atoms with Crippen LogP contribution in [0.15, 0.2) is 71.3 Å². The third-order valence-corrected chi connectivity index (χ3v) is 4.75. The lowest BCUT2D eigenvalue weighted by Crippen LogP contribution is -2.23. The summed E-state index contributed by atoms with van der Waals surface area (Å²) in [5.74, 6) is 0.113. The van der Waals surface area contributed by atoms with Gasteiger partial charge in [0.25, 0.3) is 11.6 Å². The number of hydrogen-bond donors (Lipinski definition) is 1. The zero-order valence-electron chi connectivity index (χ0n) is 15.0. The molecule has 7 nitrogen and oxygen atoms in total. The fourth-order valence-electron chi connectivity index (χ4n) is 2.94. The zero-order chi connectivity index (χ0) is 20.4. The number of halogens is 1. The van der Waals surface area contributed by atoms with E-state index in [1.54, 1.807) is 6.07 Å². The van der Waals surface area contributed by atoms with Gasteiger partial charge in [-0.1, -0.05) is 53.2 Å². The molecular formula is C21H14ClN3O4. The topological polar surface area (TPSA) is 98.3 Å². The van der Waals surface area contributed by atoms with Gasteiger partial charge in [-0.2, -0.15) is 0 Å². The summed E-state index contributed by atoms with van der Waals surface area (Å²) in [6, 6.07) is 19.6. The molecule has 1 heterocycles. The van der Waals surface area contributed by atoms with E-state index in [-0.39, 0.29) is 22.8 Å². The second-order valence-corrected chi connectivity index (χ2v) is 6.76. The minimum atomic E-state index is -0.632. The first-order valence-electron chi connectivity index (χ1n) is 8.68. The lowest BCUT2D eigenvalue weighted by atomic mass is 10.1. The largest absolute Gasteiger partial charge is 0.356 e. The molecule has 0 spiro atoms. The summed E-state index contributed by atoms with van der Waals surface area (Å²) in [5.41, 5.74) is 1.23. The van der Waals surface area contributed by atoms with Crippen molar-refractivity contribution in [3.05, 3.63) is 93.1 Å². The first kappa shape index (κ1) is 18.6. The van der Waals surface area contributed by atoms with Crippen molar-refractivity contribution in [2.24, 2.45) is 0 Å². The number of hydrogen-bond acceptors (Lipinski definition) is 5. The van der Waals surface area contributed by atoms with Gasteiger partial charge in [0.05, 0.1) is 11.5 Å².